The van der Waals surface area contributed by atoms with Crippen LogP contribution in [0.1, 0.15) is 35.5 Å². The summed E-state index contributed by atoms with van der Waals surface area (Å²) in [5.74, 6) is -0.890. The van der Waals surface area contributed by atoms with E-state index in [9.17, 15) is 18.0 Å². The second-order valence-electron chi connectivity index (χ2n) is 7.07. The normalized spacial score (nSPS) is 11.1. The second kappa shape index (κ2) is 10.6. The molecule has 2 aromatic carbocycles. The summed E-state index contributed by atoms with van der Waals surface area (Å²) in [5, 5.41) is 4.64. The van der Waals surface area contributed by atoms with E-state index < -0.39 is 21.9 Å². The van der Waals surface area contributed by atoms with Gasteiger partial charge in [0.2, 0.25) is 0 Å². The van der Waals surface area contributed by atoms with Crippen molar-refractivity contribution in [2.75, 3.05) is 22.8 Å². The number of ether oxygens (including phenoxy) is 1. The molecule has 0 aliphatic heterocycles. The van der Waals surface area contributed by atoms with Crippen LogP contribution in [0, 0.1) is 6.92 Å². The zero-order valence-corrected chi connectivity index (χ0v) is 20.2. The predicted molar refractivity (Wildman–Crippen MR) is 128 cm³/mol. The van der Waals surface area contributed by atoms with Gasteiger partial charge in [0.1, 0.15) is 0 Å². The molecule has 0 atom stereocenters. The van der Waals surface area contributed by atoms with Gasteiger partial charge in [-0.2, -0.15) is 0 Å². The summed E-state index contributed by atoms with van der Waals surface area (Å²) in [7, 11) is -3.89. The van der Waals surface area contributed by atoms with Crippen molar-refractivity contribution in [2.45, 2.75) is 32.1 Å². The van der Waals surface area contributed by atoms with E-state index in [0.29, 0.717) is 22.1 Å². The summed E-state index contributed by atoms with van der Waals surface area (Å²) in [6.45, 7) is 5.69. The third-order valence-corrected chi connectivity index (χ3v) is 7.60. The minimum Gasteiger partial charge on any atom is -0.466 e. The van der Waals surface area contributed by atoms with Gasteiger partial charge in [0.25, 0.3) is 15.9 Å². The molecule has 1 aromatic heterocycles. The minimum absolute atomic E-state index is 0.0134. The molecule has 0 saturated carbocycles. The van der Waals surface area contributed by atoms with Crippen LogP contribution in [0.15, 0.2) is 58.8 Å². The van der Waals surface area contributed by atoms with Crippen molar-refractivity contribution in [3.05, 3.63) is 70.7 Å². The van der Waals surface area contributed by atoms with Crippen LogP contribution in [0.3, 0.4) is 0 Å². The Balaban J connectivity index is 1.83. The van der Waals surface area contributed by atoms with E-state index in [1.807, 2.05) is 6.07 Å². The SMILES string of the molecule is CCOC(=O)Cc1csc(NC(=O)c2ccc(C)c(S(=O)(=O)N(CC)c3ccccc3)c2)n1. The number of carbonyl (C=O) groups is 2. The van der Waals surface area contributed by atoms with Crippen molar-refractivity contribution in [1.29, 1.82) is 0 Å². The first-order chi connectivity index (χ1) is 15.8. The fraction of sp³-hybridized carbons (Fsp3) is 0.261. The Labute approximate surface area is 197 Å². The Morgan fingerprint density at radius 1 is 1.12 bits per heavy atom. The molecule has 0 aliphatic rings. The number of sulfonamides is 1. The fourth-order valence-corrected chi connectivity index (χ4v) is 5.63. The number of rotatable bonds is 9. The van der Waals surface area contributed by atoms with Crippen molar-refractivity contribution in [1.82, 2.24) is 4.98 Å². The highest BCUT2D eigenvalue weighted by Crippen LogP contribution is 2.27. The monoisotopic (exact) mass is 487 g/mol. The number of thiazole rings is 1. The summed E-state index contributed by atoms with van der Waals surface area (Å²) in [5.41, 5.74) is 1.76. The van der Waals surface area contributed by atoms with E-state index in [2.05, 4.69) is 10.3 Å². The molecule has 0 aliphatic carbocycles. The molecule has 1 N–H and O–H groups in total. The van der Waals surface area contributed by atoms with Crippen LogP contribution in [0.4, 0.5) is 10.8 Å². The van der Waals surface area contributed by atoms with Crippen LogP contribution in [-0.4, -0.2) is 38.4 Å². The molecular weight excluding hydrogens is 462 g/mol. The Kier molecular flexibility index (Phi) is 7.83. The third-order valence-electron chi connectivity index (χ3n) is 4.75. The van der Waals surface area contributed by atoms with E-state index in [-0.39, 0.29) is 30.0 Å². The molecular formula is C23H25N3O5S2. The molecule has 174 valence electrons. The number of esters is 1. The smallest absolute Gasteiger partial charge is 0.311 e. The molecule has 3 aromatic rings. The van der Waals surface area contributed by atoms with E-state index >= 15 is 0 Å². The van der Waals surface area contributed by atoms with Gasteiger partial charge in [0.15, 0.2) is 5.13 Å². The highest BCUT2D eigenvalue weighted by atomic mass is 32.2. The summed E-state index contributed by atoms with van der Waals surface area (Å²) in [6.07, 6.45) is 0.0134. The summed E-state index contributed by atoms with van der Waals surface area (Å²) >= 11 is 1.17. The van der Waals surface area contributed by atoms with Crippen molar-refractivity contribution < 1.29 is 22.7 Å². The lowest BCUT2D eigenvalue weighted by Crippen LogP contribution is -2.31. The fourth-order valence-electron chi connectivity index (χ4n) is 3.20. The number of para-hydroxylation sites is 1. The largest absolute Gasteiger partial charge is 0.466 e. The van der Waals surface area contributed by atoms with Gasteiger partial charge in [-0.3, -0.25) is 19.2 Å². The lowest BCUT2D eigenvalue weighted by molar-refractivity contribution is -0.142. The van der Waals surface area contributed by atoms with Crippen LogP contribution in [0.5, 0.6) is 0 Å². The van der Waals surface area contributed by atoms with Gasteiger partial charge < -0.3 is 4.74 Å². The zero-order chi connectivity index (χ0) is 24.0. The van der Waals surface area contributed by atoms with Crippen molar-refractivity contribution in [2.24, 2.45) is 0 Å². The van der Waals surface area contributed by atoms with Gasteiger partial charge in [0.05, 0.1) is 29.3 Å². The molecule has 3 rings (SSSR count). The Bertz CT molecular complexity index is 1240. The first kappa shape index (κ1) is 24.4. The summed E-state index contributed by atoms with van der Waals surface area (Å²) in [4.78, 5) is 28.7. The number of carbonyl (C=O) groups excluding carboxylic acids is 2. The number of nitrogens with one attached hydrogen (secondary N) is 1. The number of hydrogen-bond donors (Lipinski definition) is 1. The average molecular weight is 488 g/mol. The van der Waals surface area contributed by atoms with E-state index in [0.717, 1.165) is 0 Å². The number of amides is 1. The van der Waals surface area contributed by atoms with Gasteiger partial charge in [-0.25, -0.2) is 13.4 Å². The maximum atomic E-state index is 13.4. The molecule has 0 saturated heterocycles. The topological polar surface area (TPSA) is 106 Å². The van der Waals surface area contributed by atoms with Crippen LogP contribution in [0.25, 0.3) is 0 Å². The summed E-state index contributed by atoms with van der Waals surface area (Å²) in [6, 6.07) is 13.4. The Morgan fingerprint density at radius 3 is 2.52 bits per heavy atom. The first-order valence-electron chi connectivity index (χ1n) is 10.4. The molecule has 0 spiro atoms. The van der Waals surface area contributed by atoms with Gasteiger partial charge in [-0.05, 0) is 50.6 Å². The number of aromatic nitrogens is 1. The average Bonchev–Trinajstić information content (AvgIpc) is 3.21. The lowest BCUT2D eigenvalue weighted by atomic mass is 10.1. The molecule has 0 bridgehead atoms. The molecule has 0 radical (unpaired) electrons. The highest BCUT2D eigenvalue weighted by molar-refractivity contribution is 7.92. The molecule has 1 amide bonds. The zero-order valence-electron chi connectivity index (χ0n) is 18.6. The number of nitrogens with zero attached hydrogens (tertiary/aromatic N) is 2. The van der Waals surface area contributed by atoms with E-state index in [1.54, 1.807) is 62.5 Å². The second-order valence-corrected chi connectivity index (χ2v) is 9.75. The van der Waals surface area contributed by atoms with Gasteiger partial charge in [-0.15, -0.1) is 11.3 Å². The number of aryl methyl sites for hydroxylation is 1. The van der Waals surface area contributed by atoms with Crippen molar-refractivity contribution >= 4 is 44.1 Å². The van der Waals surface area contributed by atoms with Crippen LogP contribution < -0.4 is 9.62 Å². The van der Waals surface area contributed by atoms with Gasteiger partial charge in [0, 0.05) is 17.5 Å². The van der Waals surface area contributed by atoms with E-state index in [1.165, 1.54) is 21.7 Å². The van der Waals surface area contributed by atoms with Crippen molar-refractivity contribution in [3.8, 4) is 0 Å². The van der Waals surface area contributed by atoms with Crippen LogP contribution >= 0.6 is 11.3 Å². The molecule has 33 heavy (non-hydrogen) atoms. The van der Waals surface area contributed by atoms with E-state index in [4.69, 9.17) is 4.74 Å². The molecule has 1 heterocycles. The van der Waals surface area contributed by atoms with Gasteiger partial charge in [-0.1, -0.05) is 24.3 Å². The standard InChI is InChI=1S/C23H25N3O5S2/c1-4-26(19-9-7-6-8-10-19)33(29,30)20-13-17(12-11-16(20)3)22(28)25-23-24-18(15-32-23)14-21(27)31-5-2/h6-13,15H,4-5,14H2,1-3H3,(H,24,25,28). The number of benzene rings is 2. The highest BCUT2D eigenvalue weighted by Gasteiger charge is 2.26. The predicted octanol–water partition coefficient (Wildman–Crippen LogP) is 4.02. The minimum atomic E-state index is -3.89. The molecule has 10 heteroatoms. The maximum Gasteiger partial charge on any atom is 0.311 e. The van der Waals surface area contributed by atoms with Crippen LogP contribution in [-0.2, 0) is 26.0 Å². The van der Waals surface area contributed by atoms with Crippen LogP contribution in [0.2, 0.25) is 0 Å². The van der Waals surface area contributed by atoms with Crippen molar-refractivity contribution in [3.63, 3.8) is 0 Å². The van der Waals surface area contributed by atoms with Gasteiger partial charge >= 0.3 is 5.97 Å². The maximum absolute atomic E-state index is 13.4. The quantitative estimate of drug-likeness (QED) is 0.457. The number of anilines is 2. The Morgan fingerprint density at radius 2 is 1.85 bits per heavy atom. The third kappa shape index (κ3) is 5.77. The summed E-state index contributed by atoms with van der Waals surface area (Å²) < 4.78 is 33.0. The first-order valence-corrected chi connectivity index (χ1v) is 12.7. The molecule has 0 fully saturated rings. The molecule has 0 unspecified atom stereocenters. The lowest BCUT2D eigenvalue weighted by Gasteiger charge is -2.24. The molecule has 8 nitrogen and oxygen atoms in total. The number of hydrogen-bond acceptors (Lipinski definition) is 7. The Hall–Kier alpha value is -3.24.